The van der Waals surface area contributed by atoms with Gasteiger partial charge in [0.15, 0.2) is 0 Å². The number of nitrogens with one attached hydrogen (secondary N) is 1. The van der Waals surface area contributed by atoms with Gasteiger partial charge in [0.05, 0.1) is 6.20 Å². The predicted octanol–water partition coefficient (Wildman–Crippen LogP) is 0.288. The van der Waals surface area contributed by atoms with E-state index in [0.717, 1.165) is 11.3 Å². The SMILES string of the molecule is CSCC(C)NC(=O)C(N)c1cnn(C)c1. The van der Waals surface area contributed by atoms with E-state index in [-0.39, 0.29) is 11.9 Å². The van der Waals surface area contributed by atoms with Crippen LogP contribution in [0.2, 0.25) is 0 Å². The number of hydrogen-bond acceptors (Lipinski definition) is 4. The van der Waals surface area contributed by atoms with E-state index in [2.05, 4.69) is 10.4 Å². The predicted molar refractivity (Wildman–Crippen MR) is 66.1 cm³/mol. The average Bonchev–Trinajstić information content (AvgIpc) is 2.64. The van der Waals surface area contributed by atoms with Gasteiger partial charge in [-0.25, -0.2) is 0 Å². The van der Waals surface area contributed by atoms with Crippen LogP contribution in [-0.4, -0.2) is 33.7 Å². The van der Waals surface area contributed by atoms with E-state index in [1.54, 1.807) is 35.9 Å². The Balaban J connectivity index is 2.54. The van der Waals surface area contributed by atoms with Crippen molar-refractivity contribution in [3.63, 3.8) is 0 Å². The maximum absolute atomic E-state index is 11.8. The lowest BCUT2D eigenvalue weighted by Gasteiger charge is -2.15. The number of amides is 1. The Morgan fingerprint density at radius 2 is 2.44 bits per heavy atom. The number of rotatable bonds is 5. The molecule has 0 aliphatic carbocycles. The number of carbonyl (C=O) groups is 1. The van der Waals surface area contributed by atoms with E-state index in [4.69, 9.17) is 5.73 Å². The molecule has 1 heterocycles. The summed E-state index contributed by atoms with van der Waals surface area (Å²) in [6.07, 6.45) is 5.37. The number of thioether (sulfide) groups is 1. The van der Waals surface area contributed by atoms with Gasteiger partial charge in [-0.1, -0.05) is 0 Å². The lowest BCUT2D eigenvalue weighted by atomic mass is 10.1. The smallest absolute Gasteiger partial charge is 0.241 e. The minimum absolute atomic E-state index is 0.130. The molecule has 2 atom stereocenters. The number of nitrogens with two attached hydrogens (primary N) is 1. The fraction of sp³-hybridized carbons (Fsp3) is 0.600. The molecule has 0 radical (unpaired) electrons. The molecule has 1 amide bonds. The molecular formula is C10H18N4OS. The van der Waals surface area contributed by atoms with Crippen LogP contribution < -0.4 is 11.1 Å². The summed E-state index contributed by atoms with van der Waals surface area (Å²) in [5.74, 6) is 0.723. The quantitative estimate of drug-likeness (QED) is 0.778. The molecule has 0 spiro atoms. The first-order valence-corrected chi connectivity index (χ1v) is 6.47. The zero-order chi connectivity index (χ0) is 12.1. The molecule has 3 N–H and O–H groups in total. The molecule has 6 heteroatoms. The van der Waals surface area contributed by atoms with Gasteiger partial charge < -0.3 is 11.1 Å². The zero-order valence-electron chi connectivity index (χ0n) is 9.80. The minimum atomic E-state index is -0.641. The summed E-state index contributed by atoms with van der Waals surface area (Å²) in [7, 11) is 1.80. The Bertz CT molecular complexity index is 352. The highest BCUT2D eigenvalue weighted by atomic mass is 32.2. The summed E-state index contributed by atoms with van der Waals surface area (Å²) in [6.45, 7) is 1.96. The molecule has 5 nitrogen and oxygen atoms in total. The minimum Gasteiger partial charge on any atom is -0.351 e. The monoisotopic (exact) mass is 242 g/mol. The summed E-state index contributed by atoms with van der Waals surface area (Å²) in [5.41, 5.74) is 6.56. The summed E-state index contributed by atoms with van der Waals surface area (Å²) in [5, 5.41) is 6.85. The van der Waals surface area contributed by atoms with E-state index in [1.807, 2.05) is 13.2 Å². The van der Waals surface area contributed by atoms with Crippen LogP contribution in [0.3, 0.4) is 0 Å². The van der Waals surface area contributed by atoms with Gasteiger partial charge in [0, 0.05) is 30.6 Å². The van der Waals surface area contributed by atoms with Crippen LogP contribution in [0.4, 0.5) is 0 Å². The van der Waals surface area contributed by atoms with Crippen LogP contribution >= 0.6 is 11.8 Å². The number of nitrogens with zero attached hydrogens (tertiary/aromatic N) is 2. The third-order valence-corrected chi connectivity index (χ3v) is 3.01. The van der Waals surface area contributed by atoms with Crippen LogP contribution in [0, 0.1) is 0 Å². The van der Waals surface area contributed by atoms with Gasteiger partial charge in [-0.05, 0) is 13.2 Å². The number of aromatic nitrogens is 2. The van der Waals surface area contributed by atoms with Crippen molar-refractivity contribution in [2.45, 2.75) is 19.0 Å². The van der Waals surface area contributed by atoms with Gasteiger partial charge in [0.2, 0.25) is 5.91 Å². The molecule has 0 aliphatic heterocycles. The van der Waals surface area contributed by atoms with Crippen molar-refractivity contribution in [3.05, 3.63) is 18.0 Å². The molecule has 0 saturated carbocycles. The Hall–Kier alpha value is -1.01. The molecule has 1 aromatic heterocycles. The number of carbonyl (C=O) groups excluding carboxylic acids is 1. The lowest BCUT2D eigenvalue weighted by molar-refractivity contribution is -0.122. The zero-order valence-corrected chi connectivity index (χ0v) is 10.6. The van der Waals surface area contributed by atoms with Gasteiger partial charge in [-0.2, -0.15) is 16.9 Å². The van der Waals surface area contributed by atoms with E-state index in [9.17, 15) is 4.79 Å². The fourth-order valence-electron chi connectivity index (χ4n) is 1.38. The Morgan fingerprint density at radius 1 is 1.75 bits per heavy atom. The second-order valence-electron chi connectivity index (χ2n) is 3.79. The van der Waals surface area contributed by atoms with Gasteiger partial charge >= 0.3 is 0 Å². The Morgan fingerprint density at radius 3 is 2.94 bits per heavy atom. The summed E-state index contributed by atoms with van der Waals surface area (Å²) >= 11 is 1.69. The molecular weight excluding hydrogens is 224 g/mol. The van der Waals surface area contributed by atoms with Crippen LogP contribution in [0.1, 0.15) is 18.5 Å². The van der Waals surface area contributed by atoms with Crippen LogP contribution in [-0.2, 0) is 11.8 Å². The maximum Gasteiger partial charge on any atom is 0.241 e. The third-order valence-electron chi connectivity index (χ3n) is 2.17. The van der Waals surface area contributed by atoms with Gasteiger partial charge in [-0.15, -0.1) is 0 Å². The van der Waals surface area contributed by atoms with E-state index in [0.29, 0.717) is 0 Å². The second-order valence-corrected chi connectivity index (χ2v) is 4.70. The summed E-state index contributed by atoms with van der Waals surface area (Å²) in [4.78, 5) is 11.8. The van der Waals surface area contributed by atoms with E-state index in [1.165, 1.54) is 0 Å². The normalized spacial score (nSPS) is 14.5. The van der Waals surface area contributed by atoms with Crippen LogP contribution in [0.5, 0.6) is 0 Å². The largest absolute Gasteiger partial charge is 0.351 e. The number of aryl methyl sites for hydroxylation is 1. The molecule has 0 saturated heterocycles. The van der Waals surface area contributed by atoms with E-state index < -0.39 is 6.04 Å². The van der Waals surface area contributed by atoms with Gasteiger partial charge in [0.1, 0.15) is 6.04 Å². The molecule has 2 unspecified atom stereocenters. The molecule has 1 aromatic rings. The van der Waals surface area contributed by atoms with Gasteiger partial charge in [0.25, 0.3) is 0 Å². The van der Waals surface area contributed by atoms with Gasteiger partial charge in [-0.3, -0.25) is 9.48 Å². The van der Waals surface area contributed by atoms with Crippen molar-refractivity contribution >= 4 is 17.7 Å². The highest BCUT2D eigenvalue weighted by Gasteiger charge is 2.18. The highest BCUT2D eigenvalue weighted by molar-refractivity contribution is 7.98. The maximum atomic E-state index is 11.8. The second kappa shape index (κ2) is 5.91. The van der Waals surface area contributed by atoms with Crippen molar-refractivity contribution in [2.24, 2.45) is 12.8 Å². The highest BCUT2D eigenvalue weighted by Crippen LogP contribution is 2.09. The Kier molecular flexibility index (Phi) is 4.82. The molecule has 16 heavy (non-hydrogen) atoms. The molecule has 0 aromatic carbocycles. The molecule has 90 valence electrons. The first kappa shape index (κ1) is 13.1. The summed E-state index contributed by atoms with van der Waals surface area (Å²) < 4.78 is 1.63. The van der Waals surface area contributed by atoms with Crippen molar-refractivity contribution < 1.29 is 4.79 Å². The van der Waals surface area contributed by atoms with Crippen LogP contribution in [0.15, 0.2) is 12.4 Å². The number of hydrogen-bond donors (Lipinski definition) is 2. The summed E-state index contributed by atoms with van der Waals surface area (Å²) in [6, 6.07) is -0.511. The molecule has 1 rings (SSSR count). The molecule has 0 aliphatic rings. The first-order valence-electron chi connectivity index (χ1n) is 5.08. The van der Waals surface area contributed by atoms with Crippen molar-refractivity contribution in [3.8, 4) is 0 Å². The van der Waals surface area contributed by atoms with Crippen LogP contribution in [0.25, 0.3) is 0 Å². The average molecular weight is 242 g/mol. The topological polar surface area (TPSA) is 72.9 Å². The van der Waals surface area contributed by atoms with Crippen molar-refractivity contribution in [2.75, 3.05) is 12.0 Å². The standard InChI is InChI=1S/C10H18N4OS/c1-7(6-16-3)13-10(15)9(11)8-4-12-14(2)5-8/h4-5,7,9H,6,11H2,1-3H3,(H,13,15). The Labute approximate surface area is 99.8 Å². The third kappa shape index (κ3) is 3.53. The van der Waals surface area contributed by atoms with E-state index >= 15 is 0 Å². The van der Waals surface area contributed by atoms with Crippen molar-refractivity contribution in [1.82, 2.24) is 15.1 Å². The molecule has 0 fully saturated rings. The first-order chi connectivity index (χ1) is 7.54. The van der Waals surface area contributed by atoms with Crippen molar-refractivity contribution in [1.29, 1.82) is 0 Å². The molecule has 0 bridgehead atoms. The fourth-order valence-corrected chi connectivity index (χ4v) is 1.96. The lowest BCUT2D eigenvalue weighted by Crippen LogP contribution is -2.40.